The van der Waals surface area contributed by atoms with Crippen LogP contribution < -0.4 is 5.73 Å². The van der Waals surface area contributed by atoms with Gasteiger partial charge in [-0.2, -0.15) is 0 Å². The maximum Gasteiger partial charge on any atom is 0.242 e. The Hall–Kier alpha value is -2.33. The predicted molar refractivity (Wildman–Crippen MR) is 119 cm³/mol. The third kappa shape index (κ3) is 4.64. The van der Waals surface area contributed by atoms with Crippen LogP contribution in [0.2, 0.25) is 0 Å². The van der Waals surface area contributed by atoms with Crippen LogP contribution in [-0.4, -0.2) is 50.0 Å². The van der Waals surface area contributed by atoms with Crippen LogP contribution in [0, 0.1) is 6.92 Å². The summed E-state index contributed by atoms with van der Waals surface area (Å²) >= 11 is 0. The van der Waals surface area contributed by atoms with Crippen molar-refractivity contribution in [3.8, 4) is 0 Å². The van der Waals surface area contributed by atoms with Crippen LogP contribution in [0.5, 0.6) is 0 Å². The number of fused-ring (bicyclic) bond motifs is 1. The molecule has 0 saturated carbocycles. The van der Waals surface area contributed by atoms with Crippen molar-refractivity contribution in [2.45, 2.75) is 32.4 Å². The fourth-order valence-electron chi connectivity index (χ4n) is 3.89. The number of hydrogen-bond donors (Lipinski definition) is 1. The lowest BCUT2D eigenvalue weighted by molar-refractivity contribution is -0.353. The van der Waals surface area contributed by atoms with Crippen molar-refractivity contribution in [2.75, 3.05) is 27.7 Å². The highest BCUT2D eigenvalue weighted by atomic mass is 32.2. The SMILES string of the molecule is COCc1ccc2c(n1)c(C1C=C(S(=O)(=O)N(C)C)C=CC1)c(C)n2CC(F)=CC[NH3+]. The van der Waals surface area contributed by atoms with Crippen molar-refractivity contribution in [3.05, 3.63) is 64.1 Å². The minimum Gasteiger partial charge on any atom is -0.378 e. The molecule has 3 rings (SSSR count). The Morgan fingerprint density at radius 3 is 2.81 bits per heavy atom. The van der Waals surface area contributed by atoms with Crippen molar-refractivity contribution < 1.29 is 23.3 Å². The van der Waals surface area contributed by atoms with E-state index in [-0.39, 0.29) is 23.2 Å². The van der Waals surface area contributed by atoms with Crippen molar-refractivity contribution in [3.63, 3.8) is 0 Å². The number of hydrogen-bond acceptors (Lipinski definition) is 4. The van der Waals surface area contributed by atoms with Crippen molar-refractivity contribution in [1.82, 2.24) is 13.9 Å². The van der Waals surface area contributed by atoms with Crippen LogP contribution in [0.4, 0.5) is 4.39 Å². The topological polar surface area (TPSA) is 92.1 Å². The van der Waals surface area contributed by atoms with Crippen LogP contribution in [-0.2, 0) is 27.9 Å². The van der Waals surface area contributed by atoms with Crippen LogP contribution in [0.3, 0.4) is 0 Å². The molecule has 0 radical (unpaired) electrons. The molecule has 3 N–H and O–H groups in total. The Bertz CT molecular complexity index is 1160. The summed E-state index contributed by atoms with van der Waals surface area (Å²) in [4.78, 5) is 5.04. The number of quaternary nitrogens is 1. The molecule has 0 bridgehead atoms. The van der Waals surface area contributed by atoms with Crippen molar-refractivity contribution >= 4 is 21.1 Å². The van der Waals surface area contributed by atoms with Gasteiger partial charge in [0.25, 0.3) is 0 Å². The van der Waals surface area contributed by atoms with Gasteiger partial charge in [0.05, 0.1) is 41.3 Å². The molecule has 2 aromatic rings. The summed E-state index contributed by atoms with van der Waals surface area (Å²) in [6, 6.07) is 3.79. The lowest BCUT2D eigenvalue weighted by Gasteiger charge is -2.20. The molecule has 1 atom stereocenters. The summed E-state index contributed by atoms with van der Waals surface area (Å²) in [6.45, 7) is 2.74. The van der Waals surface area contributed by atoms with E-state index in [1.165, 1.54) is 24.5 Å². The van der Waals surface area contributed by atoms with Gasteiger partial charge in [0.2, 0.25) is 10.0 Å². The fourth-order valence-corrected chi connectivity index (χ4v) is 4.92. The number of methoxy groups -OCH3 is 1. The Balaban J connectivity index is 2.20. The number of allylic oxidation sites excluding steroid dienone is 4. The van der Waals surface area contributed by atoms with Gasteiger partial charge in [-0.3, -0.25) is 0 Å². The summed E-state index contributed by atoms with van der Waals surface area (Å²) in [7, 11) is 1.08. The van der Waals surface area contributed by atoms with Crippen molar-refractivity contribution in [1.29, 1.82) is 0 Å². The predicted octanol–water partition coefficient (Wildman–Crippen LogP) is 2.41. The second-order valence-corrected chi connectivity index (χ2v) is 9.88. The molecule has 7 nitrogen and oxygen atoms in total. The molecule has 0 aromatic carbocycles. The summed E-state index contributed by atoms with van der Waals surface area (Å²) in [6.07, 6.45) is 7.38. The van der Waals surface area contributed by atoms with E-state index in [1.54, 1.807) is 19.3 Å². The standard InChI is InChI=1S/C22H29FN4O3S/c1-15-21(16-6-5-7-19(12-16)31(28,29)26(2)3)22-20(9-8-18(25-22)14-30-4)27(15)13-17(23)10-11-24/h5,7-10,12,16H,6,11,13-14,24H2,1-4H3/p+1. The molecule has 0 fully saturated rings. The molecular formula is C22H30FN4O3S+. The van der Waals surface area contributed by atoms with Crippen LogP contribution >= 0.6 is 0 Å². The number of pyridine rings is 1. The molecule has 2 heterocycles. The molecule has 0 spiro atoms. The van der Waals surface area contributed by atoms with E-state index < -0.39 is 10.0 Å². The second-order valence-electron chi connectivity index (χ2n) is 7.73. The first-order chi connectivity index (χ1) is 14.7. The Morgan fingerprint density at radius 1 is 1.42 bits per heavy atom. The zero-order valence-corrected chi connectivity index (χ0v) is 19.2. The van der Waals surface area contributed by atoms with Gasteiger partial charge in [-0.15, -0.1) is 0 Å². The summed E-state index contributed by atoms with van der Waals surface area (Å²) in [5.41, 5.74) is 7.76. The number of ether oxygens (including phenoxy) is 1. The summed E-state index contributed by atoms with van der Waals surface area (Å²) in [5, 5.41) is 0. The lowest BCUT2D eigenvalue weighted by atomic mass is 9.91. The van der Waals surface area contributed by atoms with Gasteiger partial charge in [0.15, 0.2) is 0 Å². The first kappa shape index (κ1) is 23.3. The first-order valence-electron chi connectivity index (χ1n) is 10.1. The maximum absolute atomic E-state index is 14.4. The zero-order valence-electron chi connectivity index (χ0n) is 18.4. The Labute approximate surface area is 182 Å². The minimum atomic E-state index is -3.56. The molecule has 168 valence electrons. The van der Waals surface area contributed by atoms with Gasteiger partial charge in [-0.25, -0.2) is 22.1 Å². The van der Waals surface area contributed by atoms with Gasteiger partial charge in [-0.05, 0) is 31.6 Å². The third-order valence-electron chi connectivity index (χ3n) is 5.43. The molecule has 1 aliphatic rings. The molecule has 0 aliphatic heterocycles. The van der Waals surface area contributed by atoms with Crippen LogP contribution in [0.25, 0.3) is 11.0 Å². The number of aromatic nitrogens is 2. The Kier molecular flexibility index (Phi) is 7.10. The van der Waals surface area contributed by atoms with E-state index in [9.17, 15) is 12.8 Å². The van der Waals surface area contributed by atoms with Gasteiger partial charge < -0.3 is 15.0 Å². The number of nitrogens with zero attached hydrogens (tertiary/aromatic N) is 3. The van der Waals surface area contributed by atoms with E-state index in [1.807, 2.05) is 29.7 Å². The lowest BCUT2D eigenvalue weighted by Crippen LogP contribution is -2.49. The first-order valence-corrected chi connectivity index (χ1v) is 11.6. The van der Waals surface area contributed by atoms with Crippen molar-refractivity contribution in [2.24, 2.45) is 0 Å². The highest BCUT2D eigenvalue weighted by Gasteiger charge is 2.27. The van der Waals surface area contributed by atoms with Gasteiger partial charge >= 0.3 is 0 Å². The van der Waals surface area contributed by atoms with E-state index in [4.69, 9.17) is 9.72 Å². The number of halogens is 1. The van der Waals surface area contributed by atoms with Crippen LogP contribution in [0.15, 0.2) is 47.2 Å². The number of rotatable bonds is 8. The fraction of sp³-hybridized carbons (Fsp3) is 0.409. The Morgan fingerprint density at radius 2 is 2.16 bits per heavy atom. The molecule has 31 heavy (non-hydrogen) atoms. The smallest absolute Gasteiger partial charge is 0.242 e. The monoisotopic (exact) mass is 449 g/mol. The number of sulfonamides is 1. The zero-order chi connectivity index (χ0) is 22.8. The molecule has 2 aromatic heterocycles. The maximum atomic E-state index is 14.4. The molecule has 0 saturated heterocycles. The van der Waals surface area contributed by atoms with Gasteiger partial charge in [0, 0.05) is 44.5 Å². The van der Waals surface area contributed by atoms with E-state index >= 15 is 0 Å². The average Bonchev–Trinajstić information content (AvgIpc) is 2.99. The third-order valence-corrected chi connectivity index (χ3v) is 7.26. The normalized spacial score (nSPS) is 17.6. The highest BCUT2D eigenvalue weighted by molar-refractivity contribution is 7.93. The van der Waals surface area contributed by atoms with E-state index in [0.717, 1.165) is 28.0 Å². The summed E-state index contributed by atoms with van der Waals surface area (Å²) in [5.74, 6) is -0.457. The molecular weight excluding hydrogens is 419 g/mol. The molecule has 0 amide bonds. The second kappa shape index (κ2) is 9.44. The minimum absolute atomic E-state index is 0.0816. The quantitative estimate of drug-likeness (QED) is 0.670. The molecule has 9 heteroatoms. The largest absolute Gasteiger partial charge is 0.378 e. The molecule has 1 aliphatic carbocycles. The van der Waals surface area contributed by atoms with E-state index in [2.05, 4.69) is 5.73 Å². The van der Waals surface area contributed by atoms with Gasteiger partial charge in [0.1, 0.15) is 5.83 Å². The average molecular weight is 450 g/mol. The van der Waals surface area contributed by atoms with E-state index in [0.29, 0.717) is 19.6 Å². The summed E-state index contributed by atoms with van der Waals surface area (Å²) < 4.78 is 48.1. The van der Waals surface area contributed by atoms with Crippen LogP contribution in [0.1, 0.15) is 29.3 Å². The highest BCUT2D eigenvalue weighted by Crippen LogP contribution is 2.37. The molecule has 1 unspecified atom stereocenters. The van der Waals surface area contributed by atoms with Gasteiger partial charge in [-0.1, -0.05) is 12.2 Å².